The SMILES string of the molecule is COCC(C)(NC(=O)Nc1nc(C2CC2)ns1)C(F)(F)F. The Morgan fingerprint density at radius 2 is 2.14 bits per heavy atom. The van der Waals surface area contributed by atoms with E-state index in [4.69, 9.17) is 0 Å². The third kappa shape index (κ3) is 3.82. The number of ether oxygens (including phenoxy) is 1. The molecule has 1 aromatic rings. The minimum atomic E-state index is -4.64. The average molecular weight is 324 g/mol. The van der Waals surface area contributed by atoms with Crippen molar-refractivity contribution in [1.29, 1.82) is 0 Å². The highest BCUT2D eigenvalue weighted by atomic mass is 32.1. The van der Waals surface area contributed by atoms with E-state index < -0.39 is 24.4 Å². The molecular weight excluding hydrogens is 309 g/mol. The lowest BCUT2D eigenvalue weighted by molar-refractivity contribution is -0.199. The van der Waals surface area contributed by atoms with Crippen LogP contribution in [0.25, 0.3) is 0 Å². The zero-order chi connectivity index (χ0) is 15.7. The summed E-state index contributed by atoms with van der Waals surface area (Å²) in [6.07, 6.45) is -2.63. The second-order valence-corrected chi connectivity index (χ2v) is 5.83. The van der Waals surface area contributed by atoms with E-state index in [-0.39, 0.29) is 5.13 Å². The molecule has 1 atom stereocenters. The lowest BCUT2D eigenvalue weighted by Crippen LogP contribution is -2.60. The monoisotopic (exact) mass is 324 g/mol. The van der Waals surface area contributed by atoms with Crippen LogP contribution in [-0.4, -0.2) is 40.8 Å². The van der Waals surface area contributed by atoms with Gasteiger partial charge in [0.25, 0.3) is 0 Å². The van der Waals surface area contributed by atoms with Gasteiger partial charge in [0.1, 0.15) is 5.82 Å². The van der Waals surface area contributed by atoms with Crippen molar-refractivity contribution in [2.75, 3.05) is 19.0 Å². The van der Waals surface area contributed by atoms with Crippen molar-refractivity contribution in [2.45, 2.75) is 37.4 Å². The summed E-state index contributed by atoms with van der Waals surface area (Å²) in [5.41, 5.74) is -2.48. The maximum Gasteiger partial charge on any atom is 0.413 e. The zero-order valence-electron chi connectivity index (χ0n) is 11.5. The van der Waals surface area contributed by atoms with Crippen molar-refractivity contribution in [3.63, 3.8) is 0 Å². The van der Waals surface area contributed by atoms with E-state index in [2.05, 4.69) is 19.4 Å². The third-order valence-electron chi connectivity index (χ3n) is 3.05. The Bertz CT molecular complexity index is 518. The molecule has 1 heterocycles. The van der Waals surface area contributed by atoms with Gasteiger partial charge in [-0.15, -0.1) is 0 Å². The third-order valence-corrected chi connectivity index (χ3v) is 3.70. The number of alkyl halides is 3. The Morgan fingerprint density at radius 3 is 2.67 bits per heavy atom. The molecule has 0 aromatic carbocycles. The van der Waals surface area contributed by atoms with Crippen molar-refractivity contribution < 1.29 is 22.7 Å². The smallest absolute Gasteiger partial charge is 0.382 e. The lowest BCUT2D eigenvalue weighted by atomic mass is 10.0. The van der Waals surface area contributed by atoms with Gasteiger partial charge in [-0.3, -0.25) is 5.32 Å². The number of hydrogen-bond acceptors (Lipinski definition) is 5. The van der Waals surface area contributed by atoms with Gasteiger partial charge in [-0.2, -0.15) is 17.5 Å². The fourth-order valence-electron chi connectivity index (χ4n) is 1.65. The molecule has 1 aliphatic carbocycles. The molecular formula is C11H15F3N4O2S. The summed E-state index contributed by atoms with van der Waals surface area (Å²) in [5.74, 6) is 0.944. The van der Waals surface area contributed by atoms with Gasteiger partial charge in [0.2, 0.25) is 5.13 Å². The van der Waals surface area contributed by atoms with E-state index in [0.717, 1.165) is 38.4 Å². The summed E-state index contributed by atoms with van der Waals surface area (Å²) in [6, 6.07) is -0.995. The molecule has 2 rings (SSSR count). The van der Waals surface area contributed by atoms with E-state index in [1.165, 1.54) is 0 Å². The molecule has 118 valence electrons. The van der Waals surface area contributed by atoms with Crippen molar-refractivity contribution in [1.82, 2.24) is 14.7 Å². The molecule has 1 fully saturated rings. The Kier molecular flexibility index (Phi) is 4.38. The molecule has 0 spiro atoms. The molecule has 0 aliphatic heterocycles. The number of carbonyl (C=O) groups excluding carboxylic acids is 1. The quantitative estimate of drug-likeness (QED) is 0.872. The number of rotatable bonds is 5. The van der Waals surface area contributed by atoms with Crippen molar-refractivity contribution in [3.8, 4) is 0 Å². The fraction of sp³-hybridized carbons (Fsp3) is 0.727. The molecule has 10 heteroatoms. The first-order valence-corrected chi connectivity index (χ1v) is 7.01. The van der Waals surface area contributed by atoms with Crippen LogP contribution >= 0.6 is 11.5 Å². The number of carbonyl (C=O) groups is 1. The number of nitrogens with one attached hydrogen (secondary N) is 2. The number of nitrogens with zero attached hydrogens (tertiary/aromatic N) is 2. The molecule has 0 radical (unpaired) electrons. The van der Waals surface area contributed by atoms with Crippen molar-refractivity contribution in [2.24, 2.45) is 0 Å². The first-order valence-electron chi connectivity index (χ1n) is 6.23. The predicted octanol–water partition coefficient (Wildman–Crippen LogP) is 2.50. The van der Waals surface area contributed by atoms with Crippen LogP contribution in [0.4, 0.5) is 23.1 Å². The Hall–Kier alpha value is -1.42. The molecule has 2 amide bonds. The lowest BCUT2D eigenvalue weighted by Gasteiger charge is -2.31. The van der Waals surface area contributed by atoms with Crippen LogP contribution in [-0.2, 0) is 4.74 Å². The van der Waals surface area contributed by atoms with Crippen LogP contribution < -0.4 is 10.6 Å². The maximum atomic E-state index is 13.0. The number of aromatic nitrogens is 2. The normalized spacial score (nSPS) is 18.1. The van der Waals surface area contributed by atoms with Gasteiger partial charge in [0.05, 0.1) is 6.61 Å². The second kappa shape index (κ2) is 5.76. The van der Waals surface area contributed by atoms with Crippen LogP contribution in [0.3, 0.4) is 0 Å². The van der Waals surface area contributed by atoms with E-state index in [0.29, 0.717) is 11.7 Å². The van der Waals surface area contributed by atoms with Gasteiger partial charge < -0.3 is 10.1 Å². The number of methoxy groups -OCH3 is 1. The second-order valence-electron chi connectivity index (χ2n) is 5.07. The highest BCUT2D eigenvalue weighted by molar-refractivity contribution is 7.09. The molecule has 1 saturated carbocycles. The summed E-state index contributed by atoms with van der Waals surface area (Å²) in [7, 11) is 1.14. The highest BCUT2D eigenvalue weighted by Gasteiger charge is 2.52. The first-order chi connectivity index (χ1) is 9.75. The minimum absolute atomic E-state index is 0.177. The van der Waals surface area contributed by atoms with E-state index >= 15 is 0 Å². The molecule has 1 aromatic heterocycles. The van der Waals surface area contributed by atoms with E-state index in [9.17, 15) is 18.0 Å². The summed E-state index contributed by atoms with van der Waals surface area (Å²) < 4.78 is 47.5. The van der Waals surface area contributed by atoms with Gasteiger partial charge >= 0.3 is 12.2 Å². The summed E-state index contributed by atoms with van der Waals surface area (Å²) >= 11 is 0.947. The van der Waals surface area contributed by atoms with Crippen LogP contribution in [0.5, 0.6) is 0 Å². The minimum Gasteiger partial charge on any atom is -0.382 e. The Balaban J connectivity index is 1.98. The van der Waals surface area contributed by atoms with Gasteiger partial charge in [-0.25, -0.2) is 9.78 Å². The molecule has 6 nitrogen and oxygen atoms in total. The average Bonchev–Trinajstić information content (AvgIpc) is 3.09. The summed E-state index contributed by atoms with van der Waals surface area (Å²) in [6.45, 7) is 0.166. The molecule has 1 aliphatic rings. The van der Waals surface area contributed by atoms with Crippen molar-refractivity contribution >= 4 is 22.7 Å². The Morgan fingerprint density at radius 1 is 1.48 bits per heavy atom. The van der Waals surface area contributed by atoms with Gasteiger partial charge in [0, 0.05) is 24.6 Å². The van der Waals surface area contributed by atoms with Gasteiger partial charge in [0.15, 0.2) is 5.54 Å². The van der Waals surface area contributed by atoms with Crippen LogP contribution in [0.1, 0.15) is 31.5 Å². The number of urea groups is 1. The Labute approximate surface area is 123 Å². The molecule has 2 N–H and O–H groups in total. The fourth-order valence-corrected chi connectivity index (χ4v) is 2.29. The predicted molar refractivity (Wildman–Crippen MR) is 70.4 cm³/mol. The number of hydrogen-bond donors (Lipinski definition) is 2. The summed E-state index contributed by atoms with van der Waals surface area (Å²) in [4.78, 5) is 15.8. The first kappa shape index (κ1) is 16.0. The molecule has 1 unspecified atom stereocenters. The largest absolute Gasteiger partial charge is 0.413 e. The van der Waals surface area contributed by atoms with Crippen LogP contribution in [0, 0.1) is 0 Å². The van der Waals surface area contributed by atoms with E-state index in [1.807, 2.05) is 5.32 Å². The highest BCUT2D eigenvalue weighted by Crippen LogP contribution is 2.39. The van der Waals surface area contributed by atoms with Gasteiger partial charge in [-0.1, -0.05) is 0 Å². The van der Waals surface area contributed by atoms with Gasteiger partial charge in [-0.05, 0) is 19.8 Å². The number of halogens is 3. The van der Waals surface area contributed by atoms with Crippen LogP contribution in [0.15, 0.2) is 0 Å². The standard InChI is InChI=1S/C11H15F3N4O2S/c1-10(5-20-2,11(12,13)14)17-8(19)16-9-15-7(18-21-9)6-3-4-6/h6H,3-5H2,1-2H3,(H2,15,16,17,18,19). The maximum absolute atomic E-state index is 13.0. The molecule has 0 saturated heterocycles. The molecule has 21 heavy (non-hydrogen) atoms. The zero-order valence-corrected chi connectivity index (χ0v) is 12.3. The number of anilines is 1. The topological polar surface area (TPSA) is 76.1 Å². The van der Waals surface area contributed by atoms with Crippen LogP contribution in [0.2, 0.25) is 0 Å². The van der Waals surface area contributed by atoms with Crippen molar-refractivity contribution in [3.05, 3.63) is 5.82 Å². The summed E-state index contributed by atoms with van der Waals surface area (Å²) in [5, 5.41) is 4.32. The van der Waals surface area contributed by atoms with E-state index in [1.54, 1.807) is 0 Å². The number of amides is 2. The molecule has 0 bridgehead atoms.